The molecule has 0 saturated carbocycles. The van der Waals surface area contributed by atoms with Crippen molar-refractivity contribution in [3.63, 3.8) is 0 Å². The Morgan fingerprint density at radius 2 is 2.19 bits per heavy atom. The zero-order chi connectivity index (χ0) is 12.4. The van der Waals surface area contributed by atoms with Crippen LogP contribution in [0, 0.1) is 5.41 Å². The molecule has 94 valence electrons. The Morgan fingerprint density at radius 1 is 1.56 bits per heavy atom. The van der Waals surface area contributed by atoms with Gasteiger partial charge in [0.25, 0.3) is 0 Å². The summed E-state index contributed by atoms with van der Waals surface area (Å²) < 4.78 is 27.7. The van der Waals surface area contributed by atoms with E-state index in [2.05, 4.69) is 0 Å². The highest BCUT2D eigenvalue weighted by molar-refractivity contribution is 7.91. The van der Waals surface area contributed by atoms with Gasteiger partial charge in [0.2, 0.25) is 0 Å². The van der Waals surface area contributed by atoms with E-state index in [-0.39, 0.29) is 29.8 Å². The number of hydrogen-bond donors (Lipinski definition) is 1. The summed E-state index contributed by atoms with van der Waals surface area (Å²) in [4.78, 5) is 11.9. The maximum atomic E-state index is 11.9. The zero-order valence-electron chi connectivity index (χ0n) is 9.73. The number of rotatable bonds is 5. The van der Waals surface area contributed by atoms with Crippen LogP contribution in [0.4, 0.5) is 0 Å². The van der Waals surface area contributed by atoms with Crippen LogP contribution in [0.2, 0.25) is 0 Å². The predicted molar refractivity (Wildman–Crippen MR) is 60.9 cm³/mol. The van der Waals surface area contributed by atoms with Gasteiger partial charge in [0.1, 0.15) is 15.6 Å². The van der Waals surface area contributed by atoms with Gasteiger partial charge in [-0.15, -0.1) is 0 Å². The molecule has 2 atom stereocenters. The molecule has 1 aliphatic heterocycles. The second-order valence-electron chi connectivity index (χ2n) is 4.45. The lowest BCUT2D eigenvalue weighted by Crippen LogP contribution is -2.44. The summed E-state index contributed by atoms with van der Waals surface area (Å²) >= 11 is 0. The quantitative estimate of drug-likeness (QED) is 0.725. The van der Waals surface area contributed by atoms with Gasteiger partial charge >= 0.3 is 0 Å². The van der Waals surface area contributed by atoms with Crippen LogP contribution in [0.5, 0.6) is 0 Å². The van der Waals surface area contributed by atoms with Crippen molar-refractivity contribution in [2.45, 2.75) is 26.3 Å². The van der Waals surface area contributed by atoms with Crippen LogP contribution in [0.3, 0.4) is 0 Å². The van der Waals surface area contributed by atoms with Crippen molar-refractivity contribution in [3.05, 3.63) is 0 Å². The van der Waals surface area contributed by atoms with Crippen molar-refractivity contribution in [3.8, 4) is 0 Å². The maximum Gasteiger partial charge on any atom is 0.150 e. The van der Waals surface area contributed by atoms with E-state index in [1.54, 1.807) is 13.8 Å². The van der Waals surface area contributed by atoms with E-state index in [9.17, 15) is 13.2 Å². The maximum absolute atomic E-state index is 11.9. The third kappa shape index (κ3) is 2.81. The van der Waals surface area contributed by atoms with Gasteiger partial charge in [0.15, 0.2) is 0 Å². The Morgan fingerprint density at radius 3 is 2.62 bits per heavy atom. The first-order valence-corrected chi connectivity index (χ1v) is 7.21. The molecule has 0 aliphatic carbocycles. The summed E-state index contributed by atoms with van der Waals surface area (Å²) in [6.07, 6.45) is 0.0315. The number of hydrogen-bond acceptors (Lipinski definition) is 5. The minimum Gasteiger partial charge on any atom is -0.379 e. The van der Waals surface area contributed by atoms with Crippen LogP contribution in [0.15, 0.2) is 0 Å². The van der Waals surface area contributed by atoms with E-state index in [1.165, 1.54) is 0 Å². The summed E-state index contributed by atoms with van der Waals surface area (Å²) in [5.74, 6) is -0.140. The van der Waals surface area contributed by atoms with Gasteiger partial charge < -0.3 is 10.5 Å². The molecule has 5 nitrogen and oxygen atoms in total. The Kier molecular flexibility index (Phi) is 4.09. The molecule has 6 heteroatoms. The Hall–Kier alpha value is -0.460. The fraction of sp³-hybridized carbons (Fsp3) is 0.900. The van der Waals surface area contributed by atoms with Crippen molar-refractivity contribution >= 4 is 15.6 Å². The van der Waals surface area contributed by atoms with Crippen LogP contribution in [0.1, 0.15) is 20.3 Å². The first kappa shape index (κ1) is 13.6. The van der Waals surface area contributed by atoms with Gasteiger partial charge in [0, 0.05) is 18.2 Å². The third-order valence-corrected chi connectivity index (χ3v) is 4.94. The highest BCUT2D eigenvalue weighted by Crippen LogP contribution is 2.29. The van der Waals surface area contributed by atoms with E-state index in [0.717, 1.165) is 0 Å². The molecule has 1 saturated heterocycles. The van der Waals surface area contributed by atoms with Gasteiger partial charge in [-0.3, -0.25) is 4.79 Å². The summed E-state index contributed by atoms with van der Waals surface area (Å²) in [7, 11) is -3.09. The minimum atomic E-state index is -3.09. The van der Waals surface area contributed by atoms with Crippen molar-refractivity contribution in [2.24, 2.45) is 11.1 Å². The molecule has 1 heterocycles. The SMILES string of the molecule is CCS(=O)(=O)CCC(=O)C1(C)COCC1N. The number of sulfone groups is 1. The van der Waals surface area contributed by atoms with Crippen LogP contribution >= 0.6 is 0 Å². The second kappa shape index (κ2) is 4.81. The molecule has 2 N–H and O–H groups in total. The normalized spacial score (nSPS) is 30.6. The van der Waals surface area contributed by atoms with E-state index >= 15 is 0 Å². The van der Waals surface area contributed by atoms with Gasteiger partial charge in [-0.25, -0.2) is 8.42 Å². The summed E-state index contributed by atoms with van der Waals surface area (Å²) in [6, 6.07) is -0.329. The standard InChI is InChI=1S/C10H19NO4S/c1-3-16(13,14)5-4-9(12)10(2)7-15-6-8(10)11/h8H,3-7,11H2,1-2H3. The monoisotopic (exact) mass is 249 g/mol. The fourth-order valence-corrected chi connectivity index (χ4v) is 2.44. The van der Waals surface area contributed by atoms with Crippen molar-refractivity contribution in [1.29, 1.82) is 0 Å². The molecule has 1 rings (SSSR count). The van der Waals surface area contributed by atoms with Crippen molar-refractivity contribution < 1.29 is 17.9 Å². The lowest BCUT2D eigenvalue weighted by Gasteiger charge is -2.24. The largest absolute Gasteiger partial charge is 0.379 e. The molecule has 0 radical (unpaired) electrons. The Balaban J connectivity index is 2.59. The van der Waals surface area contributed by atoms with Gasteiger partial charge in [0.05, 0.1) is 24.4 Å². The molecule has 0 aromatic carbocycles. The smallest absolute Gasteiger partial charge is 0.150 e. The number of carbonyl (C=O) groups is 1. The number of ether oxygens (including phenoxy) is 1. The molecule has 0 spiro atoms. The van der Waals surface area contributed by atoms with Crippen LogP contribution in [-0.4, -0.2) is 45.0 Å². The molecule has 0 amide bonds. The summed E-state index contributed by atoms with van der Waals surface area (Å²) in [6.45, 7) is 3.97. The highest BCUT2D eigenvalue weighted by Gasteiger charge is 2.43. The molecule has 16 heavy (non-hydrogen) atoms. The third-order valence-electron chi connectivity index (χ3n) is 3.23. The average Bonchev–Trinajstić information content (AvgIpc) is 2.57. The highest BCUT2D eigenvalue weighted by atomic mass is 32.2. The zero-order valence-corrected chi connectivity index (χ0v) is 10.5. The molecular formula is C10H19NO4S. The van der Waals surface area contributed by atoms with Gasteiger partial charge in [-0.05, 0) is 6.92 Å². The molecule has 1 aliphatic rings. The van der Waals surface area contributed by atoms with E-state index in [4.69, 9.17) is 10.5 Å². The minimum absolute atomic E-state index is 0.0315. The molecular weight excluding hydrogens is 230 g/mol. The van der Waals surface area contributed by atoms with Crippen LogP contribution < -0.4 is 5.73 Å². The molecule has 2 unspecified atom stereocenters. The lowest BCUT2D eigenvalue weighted by molar-refractivity contribution is -0.128. The molecule has 1 fully saturated rings. The number of nitrogens with two attached hydrogens (primary N) is 1. The molecule has 0 aromatic heterocycles. The molecule has 0 bridgehead atoms. The fourth-order valence-electron chi connectivity index (χ4n) is 1.65. The Labute approximate surface area is 96.3 Å². The van der Waals surface area contributed by atoms with E-state index < -0.39 is 15.3 Å². The summed E-state index contributed by atoms with van der Waals surface area (Å²) in [5.41, 5.74) is 5.07. The van der Waals surface area contributed by atoms with Gasteiger partial charge in [-0.1, -0.05) is 6.92 Å². The first-order valence-electron chi connectivity index (χ1n) is 5.39. The Bertz CT molecular complexity index is 365. The van der Waals surface area contributed by atoms with Crippen LogP contribution in [0.25, 0.3) is 0 Å². The topological polar surface area (TPSA) is 86.5 Å². The van der Waals surface area contributed by atoms with Crippen molar-refractivity contribution in [2.75, 3.05) is 24.7 Å². The van der Waals surface area contributed by atoms with Crippen molar-refractivity contribution in [1.82, 2.24) is 0 Å². The predicted octanol–water partition coefficient (Wildman–Crippen LogP) is -0.256. The lowest BCUT2D eigenvalue weighted by atomic mass is 9.80. The number of carbonyl (C=O) groups excluding carboxylic acids is 1. The first-order chi connectivity index (χ1) is 7.32. The second-order valence-corrected chi connectivity index (χ2v) is 6.92. The van der Waals surface area contributed by atoms with Gasteiger partial charge in [-0.2, -0.15) is 0 Å². The molecule has 0 aromatic rings. The van der Waals surface area contributed by atoms with E-state index in [0.29, 0.717) is 13.2 Å². The number of ketones is 1. The average molecular weight is 249 g/mol. The van der Waals surface area contributed by atoms with Crippen LogP contribution in [-0.2, 0) is 19.4 Å². The van der Waals surface area contributed by atoms with E-state index in [1.807, 2.05) is 0 Å². The number of Topliss-reactive ketones (excluding diaryl/α,β-unsaturated/α-hetero) is 1. The summed E-state index contributed by atoms with van der Waals surface area (Å²) in [5, 5.41) is 0.